The van der Waals surface area contributed by atoms with E-state index in [9.17, 15) is 0 Å². The van der Waals surface area contributed by atoms with Crippen molar-refractivity contribution in [1.29, 1.82) is 0 Å². The summed E-state index contributed by atoms with van der Waals surface area (Å²) in [6.07, 6.45) is 2.74. The molecule has 1 aromatic heterocycles. The van der Waals surface area contributed by atoms with Crippen LogP contribution in [0.4, 0.5) is 0 Å². The first-order valence-corrected chi connectivity index (χ1v) is 7.92. The van der Waals surface area contributed by atoms with Crippen molar-refractivity contribution in [3.63, 3.8) is 0 Å². The van der Waals surface area contributed by atoms with Crippen LogP contribution in [0.2, 0.25) is 0 Å². The number of rotatable bonds is 4. The van der Waals surface area contributed by atoms with E-state index in [0.717, 1.165) is 10.4 Å². The lowest BCUT2D eigenvalue weighted by Crippen LogP contribution is -2.16. The summed E-state index contributed by atoms with van der Waals surface area (Å²) in [6.45, 7) is 0. The lowest BCUT2D eigenvalue weighted by Gasteiger charge is -2.12. The van der Waals surface area contributed by atoms with Gasteiger partial charge in [-0.25, -0.2) is 0 Å². The molecule has 2 aromatic rings. The monoisotopic (exact) mass is 321 g/mol. The van der Waals surface area contributed by atoms with Gasteiger partial charge < -0.3 is 5.32 Å². The summed E-state index contributed by atoms with van der Waals surface area (Å²) < 4.78 is 1.13. The molecule has 1 heterocycles. The van der Waals surface area contributed by atoms with Crippen molar-refractivity contribution in [3.05, 3.63) is 45.7 Å². The second-order valence-corrected chi connectivity index (χ2v) is 6.84. The molecule has 1 unspecified atom stereocenters. The summed E-state index contributed by atoms with van der Waals surface area (Å²) >= 11 is 5.39. The van der Waals surface area contributed by atoms with E-state index in [1.54, 1.807) is 0 Å². The van der Waals surface area contributed by atoms with Crippen molar-refractivity contribution in [1.82, 2.24) is 5.32 Å². The molecule has 3 rings (SSSR count). The fourth-order valence-corrected chi connectivity index (χ4v) is 3.81. The van der Waals surface area contributed by atoms with Crippen LogP contribution in [-0.2, 0) is 0 Å². The van der Waals surface area contributed by atoms with Gasteiger partial charge in [0.15, 0.2) is 0 Å². The summed E-state index contributed by atoms with van der Waals surface area (Å²) in [5, 5.41) is 3.46. The summed E-state index contributed by atoms with van der Waals surface area (Å²) in [5.74, 6) is 0.853. The molecule has 1 aliphatic rings. The molecule has 0 spiro atoms. The van der Waals surface area contributed by atoms with Crippen LogP contribution in [0, 0.1) is 5.92 Å². The van der Waals surface area contributed by atoms with Crippen LogP contribution in [-0.4, -0.2) is 7.05 Å². The second kappa shape index (κ2) is 5.16. The number of benzene rings is 1. The summed E-state index contributed by atoms with van der Waals surface area (Å²) in [4.78, 5) is 2.83. The molecule has 0 aliphatic heterocycles. The molecule has 1 aliphatic carbocycles. The summed E-state index contributed by atoms with van der Waals surface area (Å²) in [6, 6.07) is 13.6. The predicted molar refractivity (Wildman–Crippen MR) is 82.0 cm³/mol. The Morgan fingerprint density at radius 1 is 1.17 bits per heavy atom. The molecule has 1 saturated carbocycles. The van der Waals surface area contributed by atoms with E-state index in [-0.39, 0.29) is 0 Å². The lowest BCUT2D eigenvalue weighted by molar-refractivity contribution is 0.537. The van der Waals surface area contributed by atoms with E-state index in [1.165, 1.54) is 28.2 Å². The minimum atomic E-state index is 0.555. The van der Waals surface area contributed by atoms with Gasteiger partial charge in [0.2, 0.25) is 0 Å². The second-order valence-electron chi connectivity index (χ2n) is 4.81. The zero-order valence-corrected chi connectivity index (χ0v) is 12.7. The highest BCUT2D eigenvalue weighted by molar-refractivity contribution is 9.10. The van der Waals surface area contributed by atoms with Crippen molar-refractivity contribution in [2.24, 2.45) is 5.92 Å². The van der Waals surface area contributed by atoms with Crippen LogP contribution in [0.25, 0.3) is 10.4 Å². The topological polar surface area (TPSA) is 12.0 Å². The smallest absolute Gasteiger partial charge is 0.0441 e. The molecule has 1 nitrogen and oxygen atoms in total. The van der Waals surface area contributed by atoms with Crippen molar-refractivity contribution in [2.45, 2.75) is 18.9 Å². The Labute approximate surface area is 120 Å². The van der Waals surface area contributed by atoms with Gasteiger partial charge in [0, 0.05) is 20.3 Å². The Morgan fingerprint density at radius 3 is 2.50 bits per heavy atom. The van der Waals surface area contributed by atoms with Gasteiger partial charge in [0.05, 0.1) is 0 Å². The number of hydrogen-bond donors (Lipinski definition) is 1. The fourth-order valence-electron chi connectivity index (χ4n) is 2.33. The number of hydrogen-bond acceptors (Lipinski definition) is 2. The van der Waals surface area contributed by atoms with Gasteiger partial charge in [-0.1, -0.05) is 28.1 Å². The molecule has 1 atom stereocenters. The number of halogens is 1. The van der Waals surface area contributed by atoms with Gasteiger partial charge in [-0.2, -0.15) is 0 Å². The Morgan fingerprint density at radius 2 is 1.89 bits per heavy atom. The van der Waals surface area contributed by atoms with Crippen molar-refractivity contribution in [3.8, 4) is 10.4 Å². The third-order valence-corrected chi connectivity index (χ3v) is 5.21. The quantitative estimate of drug-likeness (QED) is 0.848. The third-order valence-electron chi connectivity index (χ3n) is 3.47. The molecule has 0 radical (unpaired) electrons. The van der Waals surface area contributed by atoms with E-state index < -0.39 is 0 Å². The largest absolute Gasteiger partial charge is 0.312 e. The highest BCUT2D eigenvalue weighted by Gasteiger charge is 2.32. The maximum absolute atomic E-state index is 3.48. The minimum absolute atomic E-state index is 0.555. The Hall–Kier alpha value is -0.640. The molecule has 0 saturated heterocycles. The highest BCUT2D eigenvalue weighted by atomic mass is 79.9. The van der Waals surface area contributed by atoms with Gasteiger partial charge in [-0.3, -0.25) is 0 Å². The number of thiophene rings is 1. The van der Waals surface area contributed by atoms with Gasteiger partial charge in [-0.05, 0) is 55.6 Å². The van der Waals surface area contributed by atoms with Gasteiger partial charge in [-0.15, -0.1) is 11.3 Å². The molecular formula is C15H16BrNS. The van der Waals surface area contributed by atoms with Gasteiger partial charge in [0.1, 0.15) is 0 Å². The fraction of sp³-hybridized carbons (Fsp3) is 0.333. The Bertz CT molecular complexity index is 528. The van der Waals surface area contributed by atoms with Crippen molar-refractivity contribution in [2.75, 3.05) is 7.05 Å². The van der Waals surface area contributed by atoms with Crippen LogP contribution >= 0.6 is 27.3 Å². The number of nitrogens with one attached hydrogen (secondary N) is 1. The van der Waals surface area contributed by atoms with Crippen molar-refractivity contribution < 1.29 is 0 Å². The molecule has 1 aromatic carbocycles. The van der Waals surface area contributed by atoms with Crippen LogP contribution in [0.5, 0.6) is 0 Å². The Balaban J connectivity index is 1.86. The molecule has 94 valence electrons. The van der Waals surface area contributed by atoms with E-state index in [2.05, 4.69) is 64.7 Å². The van der Waals surface area contributed by atoms with Gasteiger partial charge >= 0.3 is 0 Å². The molecule has 18 heavy (non-hydrogen) atoms. The van der Waals surface area contributed by atoms with Crippen LogP contribution in [0.3, 0.4) is 0 Å². The highest BCUT2D eigenvalue weighted by Crippen LogP contribution is 2.44. The van der Waals surface area contributed by atoms with Crippen LogP contribution in [0.1, 0.15) is 23.8 Å². The van der Waals surface area contributed by atoms with E-state index in [4.69, 9.17) is 0 Å². The zero-order chi connectivity index (χ0) is 12.5. The first-order valence-electron chi connectivity index (χ1n) is 6.31. The molecule has 1 fully saturated rings. The summed E-state index contributed by atoms with van der Waals surface area (Å²) in [7, 11) is 2.07. The van der Waals surface area contributed by atoms with E-state index in [0.29, 0.717) is 6.04 Å². The zero-order valence-electron chi connectivity index (χ0n) is 10.3. The SMILES string of the molecule is CNC(c1ccc(-c2ccc(Br)cc2)s1)C1CC1. The maximum Gasteiger partial charge on any atom is 0.0441 e. The first-order chi connectivity index (χ1) is 8.78. The molecule has 0 amide bonds. The van der Waals surface area contributed by atoms with Gasteiger partial charge in [0.25, 0.3) is 0 Å². The van der Waals surface area contributed by atoms with Crippen molar-refractivity contribution >= 4 is 27.3 Å². The standard InChI is InChI=1S/C15H16BrNS/c1-17-15(11-2-3-11)14-9-8-13(18-14)10-4-6-12(16)7-5-10/h4-9,11,15,17H,2-3H2,1H3. The average Bonchev–Trinajstić information content (AvgIpc) is 3.09. The van der Waals surface area contributed by atoms with Crippen LogP contribution < -0.4 is 5.32 Å². The van der Waals surface area contributed by atoms with E-state index >= 15 is 0 Å². The molecular weight excluding hydrogens is 306 g/mol. The normalized spacial score (nSPS) is 16.8. The third kappa shape index (κ3) is 2.53. The molecule has 3 heteroatoms. The summed E-state index contributed by atoms with van der Waals surface area (Å²) in [5.41, 5.74) is 1.31. The predicted octanol–water partition coefficient (Wildman–Crippen LogP) is 4.85. The van der Waals surface area contributed by atoms with E-state index in [1.807, 2.05) is 11.3 Å². The lowest BCUT2D eigenvalue weighted by atomic mass is 10.1. The first kappa shape index (κ1) is 12.4. The van der Waals surface area contributed by atoms with Crippen LogP contribution in [0.15, 0.2) is 40.9 Å². The average molecular weight is 322 g/mol. The minimum Gasteiger partial charge on any atom is -0.312 e. The Kier molecular flexibility index (Phi) is 3.55. The maximum atomic E-state index is 3.48. The molecule has 1 N–H and O–H groups in total. The molecule has 0 bridgehead atoms.